The van der Waals surface area contributed by atoms with Crippen LogP contribution in [-0.2, 0) is 6.54 Å². The van der Waals surface area contributed by atoms with Gasteiger partial charge in [-0.25, -0.2) is 4.98 Å². The zero-order chi connectivity index (χ0) is 17.9. The maximum atomic E-state index is 12.5. The van der Waals surface area contributed by atoms with Crippen molar-refractivity contribution in [2.24, 2.45) is 0 Å². The van der Waals surface area contributed by atoms with Gasteiger partial charge in [-0.2, -0.15) is 0 Å². The first kappa shape index (κ1) is 16.8. The van der Waals surface area contributed by atoms with Crippen LogP contribution in [0.1, 0.15) is 15.2 Å². The van der Waals surface area contributed by atoms with Gasteiger partial charge in [-0.05, 0) is 30.3 Å². The zero-order valence-corrected chi connectivity index (χ0v) is 15.7. The number of carbonyl (C=O) groups is 1. The van der Waals surface area contributed by atoms with Gasteiger partial charge in [0.2, 0.25) is 0 Å². The second kappa shape index (κ2) is 7.27. The number of hydrogen-bond donors (Lipinski definition) is 1. The van der Waals surface area contributed by atoms with Crippen molar-refractivity contribution in [3.63, 3.8) is 0 Å². The Labute approximate surface area is 159 Å². The first-order chi connectivity index (χ1) is 12.7. The standard InChI is InChI=1S/C20H16N2O2S2/c1-24-15-8-4-2-6-13(15)12-21-19(23)17-10-11-18(25-17)20-22-14-7-3-5-9-16(14)26-20/h2-11H,12H2,1H3,(H,21,23). The van der Waals surface area contributed by atoms with E-state index >= 15 is 0 Å². The number of para-hydroxylation sites is 2. The summed E-state index contributed by atoms with van der Waals surface area (Å²) in [5.74, 6) is 0.683. The van der Waals surface area contributed by atoms with Crippen LogP contribution in [0.25, 0.3) is 20.1 Å². The molecule has 0 fully saturated rings. The van der Waals surface area contributed by atoms with Crippen LogP contribution >= 0.6 is 22.7 Å². The van der Waals surface area contributed by atoms with E-state index in [1.54, 1.807) is 18.4 Å². The summed E-state index contributed by atoms with van der Waals surface area (Å²) >= 11 is 3.10. The number of benzene rings is 2. The highest BCUT2D eigenvalue weighted by Gasteiger charge is 2.13. The molecule has 0 saturated heterocycles. The van der Waals surface area contributed by atoms with Crippen molar-refractivity contribution in [3.05, 3.63) is 71.1 Å². The molecule has 2 aromatic heterocycles. The number of rotatable bonds is 5. The number of thiophene rings is 1. The fraction of sp³-hybridized carbons (Fsp3) is 0.100. The summed E-state index contributed by atoms with van der Waals surface area (Å²) in [5.41, 5.74) is 1.94. The molecule has 2 heterocycles. The summed E-state index contributed by atoms with van der Waals surface area (Å²) in [6, 6.07) is 19.5. The number of methoxy groups -OCH3 is 1. The average Bonchev–Trinajstić information content (AvgIpc) is 3.33. The highest BCUT2D eigenvalue weighted by atomic mass is 32.1. The topological polar surface area (TPSA) is 51.2 Å². The van der Waals surface area contributed by atoms with Crippen molar-refractivity contribution < 1.29 is 9.53 Å². The molecular weight excluding hydrogens is 364 g/mol. The van der Waals surface area contributed by atoms with Crippen molar-refractivity contribution in [2.45, 2.75) is 6.54 Å². The summed E-state index contributed by atoms with van der Waals surface area (Å²) in [5, 5.41) is 3.90. The van der Waals surface area contributed by atoms with E-state index in [1.165, 1.54) is 11.3 Å². The molecule has 0 aliphatic heterocycles. The third-order valence-corrected chi connectivity index (χ3v) is 6.26. The van der Waals surface area contributed by atoms with E-state index in [4.69, 9.17) is 4.74 Å². The molecule has 0 bridgehead atoms. The van der Waals surface area contributed by atoms with Crippen molar-refractivity contribution in [1.29, 1.82) is 0 Å². The minimum Gasteiger partial charge on any atom is -0.496 e. The summed E-state index contributed by atoms with van der Waals surface area (Å²) in [4.78, 5) is 18.8. The molecule has 26 heavy (non-hydrogen) atoms. The van der Waals surface area contributed by atoms with Crippen LogP contribution in [0.4, 0.5) is 0 Å². The van der Waals surface area contributed by atoms with Gasteiger partial charge < -0.3 is 10.1 Å². The predicted octanol–water partition coefficient (Wildman–Crippen LogP) is 4.96. The Morgan fingerprint density at radius 1 is 1.04 bits per heavy atom. The van der Waals surface area contributed by atoms with Crippen LogP contribution in [0.2, 0.25) is 0 Å². The van der Waals surface area contributed by atoms with Crippen molar-refractivity contribution >= 4 is 38.8 Å². The number of thiazole rings is 1. The Bertz CT molecular complexity index is 1040. The highest BCUT2D eigenvalue weighted by molar-refractivity contribution is 7.26. The van der Waals surface area contributed by atoms with E-state index < -0.39 is 0 Å². The SMILES string of the molecule is COc1ccccc1CNC(=O)c1ccc(-c2nc3ccccc3s2)s1. The number of aromatic nitrogens is 1. The molecule has 0 spiro atoms. The smallest absolute Gasteiger partial charge is 0.261 e. The van der Waals surface area contributed by atoms with Gasteiger partial charge in [-0.1, -0.05) is 30.3 Å². The molecule has 1 amide bonds. The maximum Gasteiger partial charge on any atom is 0.261 e. The average molecular weight is 380 g/mol. The van der Waals surface area contributed by atoms with Crippen molar-refractivity contribution in [3.8, 4) is 15.6 Å². The molecule has 0 aliphatic rings. The lowest BCUT2D eigenvalue weighted by molar-refractivity contribution is 0.0954. The number of nitrogens with zero attached hydrogens (tertiary/aromatic N) is 1. The molecule has 4 nitrogen and oxygen atoms in total. The third kappa shape index (κ3) is 3.34. The second-order valence-electron chi connectivity index (χ2n) is 5.65. The van der Waals surface area contributed by atoms with E-state index in [2.05, 4.69) is 16.4 Å². The molecule has 0 atom stereocenters. The van der Waals surface area contributed by atoms with Gasteiger partial charge >= 0.3 is 0 Å². The van der Waals surface area contributed by atoms with Crippen LogP contribution in [0, 0.1) is 0 Å². The normalized spacial score (nSPS) is 10.8. The quantitative estimate of drug-likeness (QED) is 0.532. The minimum atomic E-state index is -0.0896. The fourth-order valence-corrected chi connectivity index (χ4v) is 4.61. The first-order valence-electron chi connectivity index (χ1n) is 8.10. The van der Waals surface area contributed by atoms with Gasteiger partial charge in [-0.3, -0.25) is 4.79 Å². The fourth-order valence-electron chi connectivity index (χ4n) is 2.66. The molecule has 0 unspecified atom stereocenters. The molecule has 2 aromatic carbocycles. The van der Waals surface area contributed by atoms with Crippen LogP contribution in [0.15, 0.2) is 60.7 Å². The predicted molar refractivity (Wildman–Crippen MR) is 107 cm³/mol. The van der Waals surface area contributed by atoms with Crippen LogP contribution in [0.5, 0.6) is 5.75 Å². The molecule has 4 aromatic rings. The summed E-state index contributed by atoms with van der Waals surface area (Å²) in [7, 11) is 1.63. The van der Waals surface area contributed by atoms with E-state index in [9.17, 15) is 4.79 Å². The lowest BCUT2D eigenvalue weighted by Gasteiger charge is -2.08. The molecule has 4 rings (SSSR count). The summed E-state index contributed by atoms with van der Waals surface area (Å²) in [6.45, 7) is 0.428. The van der Waals surface area contributed by atoms with Crippen LogP contribution < -0.4 is 10.1 Å². The number of ether oxygens (including phenoxy) is 1. The molecule has 1 N–H and O–H groups in total. The van der Waals surface area contributed by atoms with E-state index in [0.29, 0.717) is 11.4 Å². The summed E-state index contributed by atoms with van der Waals surface area (Å²) in [6.07, 6.45) is 0. The number of nitrogens with one attached hydrogen (secondary N) is 1. The molecule has 130 valence electrons. The molecule has 0 radical (unpaired) electrons. The minimum absolute atomic E-state index is 0.0896. The Balaban J connectivity index is 1.49. The van der Waals surface area contributed by atoms with Crippen molar-refractivity contribution in [2.75, 3.05) is 7.11 Å². The number of carbonyl (C=O) groups excluding carboxylic acids is 1. The van der Waals surface area contributed by atoms with Crippen molar-refractivity contribution in [1.82, 2.24) is 10.3 Å². The Morgan fingerprint density at radius 2 is 1.85 bits per heavy atom. The second-order valence-corrected chi connectivity index (χ2v) is 7.76. The van der Waals surface area contributed by atoms with Gasteiger partial charge in [0.1, 0.15) is 10.8 Å². The molecule has 0 aliphatic carbocycles. The van der Waals surface area contributed by atoms with E-state index in [0.717, 1.165) is 31.4 Å². The van der Waals surface area contributed by atoms with Crippen LogP contribution in [-0.4, -0.2) is 18.0 Å². The van der Waals surface area contributed by atoms with E-state index in [1.807, 2.05) is 54.6 Å². The zero-order valence-electron chi connectivity index (χ0n) is 14.1. The van der Waals surface area contributed by atoms with Gasteiger partial charge in [0.05, 0.1) is 27.1 Å². The lowest BCUT2D eigenvalue weighted by atomic mass is 10.2. The van der Waals surface area contributed by atoms with E-state index in [-0.39, 0.29) is 5.91 Å². The lowest BCUT2D eigenvalue weighted by Crippen LogP contribution is -2.22. The van der Waals surface area contributed by atoms with Crippen LogP contribution in [0.3, 0.4) is 0 Å². The monoisotopic (exact) mass is 380 g/mol. The third-order valence-electron chi connectivity index (χ3n) is 3.97. The van der Waals surface area contributed by atoms with Gasteiger partial charge in [0, 0.05) is 12.1 Å². The van der Waals surface area contributed by atoms with Gasteiger partial charge in [-0.15, -0.1) is 22.7 Å². The molecule has 0 saturated carbocycles. The Hall–Kier alpha value is -2.70. The Morgan fingerprint density at radius 3 is 2.69 bits per heavy atom. The summed E-state index contributed by atoms with van der Waals surface area (Å²) < 4.78 is 6.47. The number of hydrogen-bond acceptors (Lipinski definition) is 5. The van der Waals surface area contributed by atoms with Gasteiger partial charge in [0.25, 0.3) is 5.91 Å². The molecular formula is C20H16N2O2S2. The first-order valence-corrected chi connectivity index (χ1v) is 9.74. The highest BCUT2D eigenvalue weighted by Crippen LogP contribution is 2.34. The Kier molecular flexibility index (Phi) is 4.69. The van der Waals surface area contributed by atoms with Gasteiger partial charge in [0.15, 0.2) is 0 Å². The number of amides is 1. The largest absolute Gasteiger partial charge is 0.496 e. The number of fused-ring (bicyclic) bond motifs is 1. The molecule has 6 heteroatoms. The maximum absolute atomic E-state index is 12.5.